The van der Waals surface area contributed by atoms with Crippen molar-refractivity contribution in [1.82, 2.24) is 10.3 Å². The summed E-state index contributed by atoms with van der Waals surface area (Å²) in [6, 6.07) is 3.17. The first-order valence-electron chi connectivity index (χ1n) is 6.68. The van der Waals surface area contributed by atoms with Crippen molar-refractivity contribution in [3.05, 3.63) is 22.8 Å². The lowest BCUT2D eigenvalue weighted by Gasteiger charge is -2.08. The maximum absolute atomic E-state index is 11.9. The van der Waals surface area contributed by atoms with Gasteiger partial charge in [0.1, 0.15) is 11.5 Å². The quantitative estimate of drug-likeness (QED) is 0.368. The summed E-state index contributed by atoms with van der Waals surface area (Å²) in [5.41, 5.74) is 2.54. The summed E-state index contributed by atoms with van der Waals surface area (Å²) in [6.45, 7) is 4.03. The fraction of sp³-hybridized carbons (Fsp3) is 0.538. The van der Waals surface area contributed by atoms with Crippen LogP contribution in [0.3, 0.4) is 0 Å². The topological polar surface area (TPSA) is 89.3 Å². The first-order valence-corrected chi connectivity index (χ1v) is 7.06. The highest BCUT2D eigenvalue weighted by Gasteiger charge is 2.12. The zero-order chi connectivity index (χ0) is 14.8. The van der Waals surface area contributed by atoms with Crippen molar-refractivity contribution in [2.45, 2.75) is 26.2 Å². The van der Waals surface area contributed by atoms with Gasteiger partial charge in [0.2, 0.25) is 0 Å². The van der Waals surface area contributed by atoms with Crippen LogP contribution < -0.4 is 16.6 Å². The van der Waals surface area contributed by atoms with Crippen LogP contribution in [0.2, 0.25) is 5.02 Å². The number of nitrogen functional groups attached to an aromatic ring is 1. The number of carbonyl (C=O) groups excluding carboxylic acids is 1. The van der Waals surface area contributed by atoms with E-state index >= 15 is 0 Å². The third-order valence-corrected chi connectivity index (χ3v) is 2.91. The highest BCUT2D eigenvalue weighted by molar-refractivity contribution is 6.33. The number of rotatable bonds is 9. The first kappa shape index (κ1) is 16.7. The Morgan fingerprint density at radius 1 is 1.40 bits per heavy atom. The van der Waals surface area contributed by atoms with Crippen LogP contribution in [-0.2, 0) is 4.74 Å². The minimum atomic E-state index is -0.319. The van der Waals surface area contributed by atoms with Gasteiger partial charge in [-0.2, -0.15) is 0 Å². The fourth-order valence-corrected chi connectivity index (χ4v) is 1.68. The number of halogens is 1. The lowest BCUT2D eigenvalue weighted by Crippen LogP contribution is -2.27. The molecule has 1 aromatic rings. The molecule has 0 spiro atoms. The fourth-order valence-electron chi connectivity index (χ4n) is 1.49. The molecule has 0 fully saturated rings. The molecule has 1 amide bonds. The van der Waals surface area contributed by atoms with Gasteiger partial charge in [0.05, 0.1) is 5.02 Å². The molecule has 7 heteroatoms. The van der Waals surface area contributed by atoms with Crippen molar-refractivity contribution in [1.29, 1.82) is 0 Å². The second kappa shape index (κ2) is 9.52. The van der Waals surface area contributed by atoms with Crippen LogP contribution in [-0.4, -0.2) is 30.6 Å². The number of carbonyl (C=O) groups is 1. The van der Waals surface area contributed by atoms with Crippen LogP contribution in [0.1, 0.15) is 36.7 Å². The lowest BCUT2D eigenvalue weighted by atomic mass is 10.3. The Balaban J connectivity index is 2.32. The molecule has 0 atom stereocenters. The maximum atomic E-state index is 11.9. The van der Waals surface area contributed by atoms with Crippen LogP contribution >= 0.6 is 11.6 Å². The minimum Gasteiger partial charge on any atom is -0.381 e. The summed E-state index contributed by atoms with van der Waals surface area (Å²) in [5.74, 6) is 5.32. The molecule has 0 aromatic carbocycles. The minimum absolute atomic E-state index is 0.161. The van der Waals surface area contributed by atoms with Gasteiger partial charge in [0.15, 0.2) is 0 Å². The highest BCUT2D eigenvalue weighted by Crippen LogP contribution is 2.15. The predicted octanol–water partition coefficient (Wildman–Crippen LogP) is 1.96. The molecule has 0 radical (unpaired) electrons. The molecule has 4 N–H and O–H groups in total. The van der Waals surface area contributed by atoms with Gasteiger partial charge in [-0.25, -0.2) is 10.8 Å². The molecule has 0 aliphatic heterocycles. The van der Waals surface area contributed by atoms with Crippen LogP contribution in [0.25, 0.3) is 0 Å². The van der Waals surface area contributed by atoms with Crippen LogP contribution in [0.4, 0.5) is 5.82 Å². The molecule has 20 heavy (non-hydrogen) atoms. The molecule has 1 rings (SSSR count). The Labute approximate surface area is 124 Å². The predicted molar refractivity (Wildman–Crippen MR) is 79.7 cm³/mol. The number of aromatic nitrogens is 1. The smallest absolute Gasteiger partial charge is 0.271 e. The van der Waals surface area contributed by atoms with Crippen molar-refractivity contribution in [3.63, 3.8) is 0 Å². The van der Waals surface area contributed by atoms with E-state index in [1.54, 1.807) is 12.1 Å². The van der Waals surface area contributed by atoms with Crippen molar-refractivity contribution in [2.24, 2.45) is 5.84 Å². The van der Waals surface area contributed by atoms with E-state index in [1.807, 2.05) is 0 Å². The van der Waals surface area contributed by atoms with Gasteiger partial charge in [0, 0.05) is 19.8 Å². The van der Waals surface area contributed by atoms with E-state index < -0.39 is 0 Å². The summed E-state index contributed by atoms with van der Waals surface area (Å²) in [5, 5.41) is 3.04. The number of ether oxygens (including phenoxy) is 1. The van der Waals surface area contributed by atoms with Gasteiger partial charge < -0.3 is 15.5 Å². The number of hydrazine groups is 1. The monoisotopic (exact) mass is 300 g/mol. The summed E-state index contributed by atoms with van der Waals surface area (Å²) < 4.78 is 5.40. The van der Waals surface area contributed by atoms with E-state index in [2.05, 4.69) is 22.7 Å². The maximum Gasteiger partial charge on any atom is 0.271 e. The number of hydrogen-bond acceptors (Lipinski definition) is 5. The molecule has 112 valence electrons. The Hall–Kier alpha value is -1.37. The average molecular weight is 301 g/mol. The zero-order valence-corrected chi connectivity index (χ0v) is 12.4. The van der Waals surface area contributed by atoms with Crippen molar-refractivity contribution >= 4 is 23.3 Å². The van der Waals surface area contributed by atoms with Gasteiger partial charge >= 0.3 is 0 Å². The third kappa shape index (κ3) is 5.73. The Morgan fingerprint density at radius 3 is 2.85 bits per heavy atom. The summed E-state index contributed by atoms with van der Waals surface area (Å²) in [4.78, 5) is 15.9. The highest BCUT2D eigenvalue weighted by atomic mass is 35.5. The summed E-state index contributed by atoms with van der Waals surface area (Å²) in [6.07, 6.45) is 2.93. The third-order valence-electron chi connectivity index (χ3n) is 2.60. The van der Waals surface area contributed by atoms with E-state index in [-0.39, 0.29) is 11.6 Å². The molecular weight excluding hydrogens is 280 g/mol. The number of hydrogen-bond donors (Lipinski definition) is 3. The number of nitrogens with two attached hydrogens (primary N) is 1. The van der Waals surface area contributed by atoms with Gasteiger partial charge in [-0.15, -0.1) is 0 Å². The second-order valence-corrected chi connectivity index (χ2v) is 4.65. The number of nitrogens with one attached hydrogen (secondary N) is 2. The van der Waals surface area contributed by atoms with E-state index in [1.165, 1.54) is 0 Å². The Kier molecular flexibility index (Phi) is 7.94. The summed E-state index contributed by atoms with van der Waals surface area (Å²) in [7, 11) is 0. The standard InChI is InChI=1S/C13H21ClN4O2/c1-2-3-8-20-9-4-7-16-13(19)12-10(14)5-6-11(17-12)18-15/h5-6H,2-4,7-9,15H2,1H3,(H,16,19)(H,17,18). The number of anilines is 1. The SMILES string of the molecule is CCCCOCCCNC(=O)c1nc(NN)ccc1Cl. The zero-order valence-electron chi connectivity index (χ0n) is 11.6. The van der Waals surface area contributed by atoms with Crippen LogP contribution in [0.5, 0.6) is 0 Å². The van der Waals surface area contributed by atoms with E-state index in [0.717, 1.165) is 25.9 Å². The number of amides is 1. The Bertz CT molecular complexity index is 429. The molecule has 6 nitrogen and oxygen atoms in total. The molecule has 0 saturated carbocycles. The molecule has 1 aromatic heterocycles. The average Bonchev–Trinajstić information content (AvgIpc) is 2.46. The molecule has 1 heterocycles. The van der Waals surface area contributed by atoms with Gasteiger partial charge in [-0.05, 0) is 25.0 Å². The second-order valence-electron chi connectivity index (χ2n) is 4.25. The Morgan fingerprint density at radius 2 is 2.15 bits per heavy atom. The molecule has 0 unspecified atom stereocenters. The largest absolute Gasteiger partial charge is 0.381 e. The van der Waals surface area contributed by atoms with Crippen molar-refractivity contribution < 1.29 is 9.53 Å². The van der Waals surface area contributed by atoms with Crippen LogP contribution in [0.15, 0.2) is 12.1 Å². The molecule has 0 bridgehead atoms. The summed E-state index contributed by atoms with van der Waals surface area (Å²) >= 11 is 5.93. The van der Waals surface area contributed by atoms with Gasteiger partial charge in [-0.3, -0.25) is 4.79 Å². The van der Waals surface area contributed by atoms with E-state index in [4.69, 9.17) is 22.2 Å². The van der Waals surface area contributed by atoms with Crippen molar-refractivity contribution in [2.75, 3.05) is 25.2 Å². The van der Waals surface area contributed by atoms with E-state index in [0.29, 0.717) is 24.0 Å². The van der Waals surface area contributed by atoms with Crippen LogP contribution in [0, 0.1) is 0 Å². The number of unbranched alkanes of at least 4 members (excludes halogenated alkanes) is 1. The lowest BCUT2D eigenvalue weighted by molar-refractivity contribution is 0.0936. The molecule has 0 saturated heterocycles. The molecule has 0 aliphatic rings. The first-order chi connectivity index (χ1) is 9.69. The van der Waals surface area contributed by atoms with Gasteiger partial charge in [0.25, 0.3) is 5.91 Å². The van der Waals surface area contributed by atoms with Crippen molar-refractivity contribution in [3.8, 4) is 0 Å². The van der Waals surface area contributed by atoms with E-state index in [9.17, 15) is 4.79 Å². The number of pyridine rings is 1. The van der Waals surface area contributed by atoms with Gasteiger partial charge in [-0.1, -0.05) is 24.9 Å². The number of nitrogens with zero attached hydrogens (tertiary/aromatic N) is 1. The normalized spacial score (nSPS) is 10.3. The molecular formula is C13H21ClN4O2. The molecule has 0 aliphatic carbocycles.